The zero-order chi connectivity index (χ0) is 15.5. The number of thiazole rings is 1. The number of carbonyl (C=O) groups is 1. The van der Waals surface area contributed by atoms with Crippen molar-refractivity contribution < 1.29 is 4.79 Å². The Balaban J connectivity index is 1.96. The molecule has 2 rings (SSSR count). The molecule has 0 saturated heterocycles. The van der Waals surface area contributed by atoms with Crippen LogP contribution in [0.25, 0.3) is 0 Å². The Hall–Kier alpha value is -1.88. The number of amides is 1. The summed E-state index contributed by atoms with van der Waals surface area (Å²) in [5, 5.41) is 8.59. The van der Waals surface area contributed by atoms with E-state index in [1.165, 1.54) is 16.9 Å². The van der Waals surface area contributed by atoms with Crippen molar-refractivity contribution in [3.63, 3.8) is 0 Å². The third-order valence-corrected chi connectivity index (χ3v) is 4.05. The first-order valence-electron chi connectivity index (χ1n) is 6.91. The molecule has 1 amide bonds. The fraction of sp³-hybridized carbons (Fsp3) is 0.375. The highest BCUT2D eigenvalue weighted by Gasteiger charge is 2.13. The molecule has 0 radical (unpaired) electrons. The van der Waals surface area contributed by atoms with Gasteiger partial charge in [-0.3, -0.25) is 4.79 Å². The second-order valence-electron chi connectivity index (χ2n) is 5.95. The lowest BCUT2D eigenvalue weighted by atomic mass is 9.87. The van der Waals surface area contributed by atoms with E-state index < -0.39 is 0 Å². The molecular formula is C16H21N3OS. The number of hydrogen-bond acceptors (Lipinski definition) is 4. The molecule has 0 fully saturated rings. The lowest BCUT2D eigenvalue weighted by Gasteiger charge is -2.19. The molecule has 0 unspecified atom stereocenters. The van der Waals surface area contributed by atoms with Gasteiger partial charge in [0, 0.05) is 18.1 Å². The van der Waals surface area contributed by atoms with Crippen LogP contribution in [0.1, 0.15) is 32.0 Å². The second kappa shape index (κ2) is 6.26. The van der Waals surface area contributed by atoms with Crippen molar-refractivity contribution in [1.29, 1.82) is 0 Å². The van der Waals surface area contributed by atoms with Crippen LogP contribution in [0.4, 0.5) is 10.8 Å². The molecule has 0 aliphatic carbocycles. The topological polar surface area (TPSA) is 54.0 Å². The van der Waals surface area contributed by atoms with Gasteiger partial charge in [-0.15, -0.1) is 11.3 Å². The predicted octanol–water partition coefficient (Wildman–Crippen LogP) is 3.66. The summed E-state index contributed by atoms with van der Waals surface area (Å²) in [5.41, 5.74) is 2.97. The predicted molar refractivity (Wildman–Crippen MR) is 89.1 cm³/mol. The number of aromatic nitrogens is 1. The summed E-state index contributed by atoms with van der Waals surface area (Å²) in [7, 11) is 1.82. The monoisotopic (exact) mass is 303 g/mol. The highest BCUT2D eigenvalue weighted by Crippen LogP contribution is 2.23. The van der Waals surface area contributed by atoms with Crippen molar-refractivity contribution in [3.8, 4) is 0 Å². The van der Waals surface area contributed by atoms with Gasteiger partial charge < -0.3 is 10.6 Å². The van der Waals surface area contributed by atoms with Gasteiger partial charge in [-0.25, -0.2) is 4.98 Å². The minimum absolute atomic E-state index is 0.0496. The van der Waals surface area contributed by atoms with E-state index in [0.717, 1.165) is 16.5 Å². The van der Waals surface area contributed by atoms with E-state index >= 15 is 0 Å². The molecule has 0 atom stereocenters. The van der Waals surface area contributed by atoms with Gasteiger partial charge >= 0.3 is 0 Å². The third-order valence-electron chi connectivity index (χ3n) is 3.14. The molecular weight excluding hydrogens is 282 g/mol. The summed E-state index contributed by atoms with van der Waals surface area (Å²) >= 11 is 1.50. The van der Waals surface area contributed by atoms with E-state index in [-0.39, 0.29) is 11.3 Å². The average Bonchev–Trinajstić information content (AvgIpc) is 2.85. The highest BCUT2D eigenvalue weighted by atomic mass is 32.1. The zero-order valence-electron chi connectivity index (χ0n) is 12.9. The van der Waals surface area contributed by atoms with E-state index in [1.54, 1.807) is 0 Å². The van der Waals surface area contributed by atoms with E-state index in [9.17, 15) is 4.79 Å². The molecule has 2 N–H and O–H groups in total. The summed E-state index contributed by atoms with van der Waals surface area (Å²) in [6, 6.07) is 7.99. The van der Waals surface area contributed by atoms with Gasteiger partial charge in [-0.05, 0) is 23.1 Å². The summed E-state index contributed by atoms with van der Waals surface area (Å²) in [5.74, 6) is -0.0496. The van der Waals surface area contributed by atoms with Gasteiger partial charge in [-0.2, -0.15) is 0 Å². The molecule has 0 bridgehead atoms. The Bertz CT molecular complexity index is 611. The van der Waals surface area contributed by atoms with Crippen molar-refractivity contribution in [1.82, 2.24) is 4.98 Å². The van der Waals surface area contributed by atoms with Gasteiger partial charge in [0.25, 0.3) is 0 Å². The van der Waals surface area contributed by atoms with Crippen molar-refractivity contribution in [2.24, 2.45) is 0 Å². The lowest BCUT2D eigenvalue weighted by Crippen LogP contribution is -2.15. The summed E-state index contributed by atoms with van der Waals surface area (Å²) in [6.45, 7) is 6.51. The minimum atomic E-state index is -0.0496. The first-order chi connectivity index (χ1) is 9.88. The van der Waals surface area contributed by atoms with Gasteiger partial charge in [-0.1, -0.05) is 32.9 Å². The molecule has 1 aromatic heterocycles. The average molecular weight is 303 g/mol. The quantitative estimate of drug-likeness (QED) is 0.906. The first-order valence-corrected chi connectivity index (χ1v) is 7.79. The summed E-state index contributed by atoms with van der Waals surface area (Å²) < 4.78 is 0. The van der Waals surface area contributed by atoms with Crippen molar-refractivity contribution >= 4 is 28.1 Å². The van der Waals surface area contributed by atoms with Crippen molar-refractivity contribution in [2.45, 2.75) is 32.6 Å². The van der Waals surface area contributed by atoms with Gasteiger partial charge in [0.2, 0.25) is 5.91 Å². The van der Waals surface area contributed by atoms with Crippen LogP contribution in [0.15, 0.2) is 29.6 Å². The van der Waals surface area contributed by atoms with Crippen molar-refractivity contribution in [3.05, 3.63) is 40.9 Å². The zero-order valence-corrected chi connectivity index (χ0v) is 13.7. The minimum Gasteiger partial charge on any atom is -0.365 e. The van der Waals surface area contributed by atoms with Crippen LogP contribution in [-0.2, 0) is 16.6 Å². The van der Waals surface area contributed by atoms with Crippen LogP contribution in [0, 0.1) is 0 Å². The number of benzene rings is 1. The SMILES string of the molecule is CNc1nc(CC(=O)Nc2ccc(C(C)(C)C)cc2)cs1. The maximum absolute atomic E-state index is 12.0. The van der Waals surface area contributed by atoms with Gasteiger partial charge in [0.1, 0.15) is 0 Å². The molecule has 0 saturated carbocycles. The molecule has 4 nitrogen and oxygen atoms in total. The Kier molecular flexibility index (Phi) is 4.63. The molecule has 112 valence electrons. The summed E-state index contributed by atoms with van der Waals surface area (Å²) in [6.07, 6.45) is 0.291. The fourth-order valence-electron chi connectivity index (χ4n) is 1.93. The van der Waals surface area contributed by atoms with E-state index in [0.29, 0.717) is 6.42 Å². The number of rotatable bonds is 4. The third kappa shape index (κ3) is 4.29. The van der Waals surface area contributed by atoms with Crippen LogP contribution >= 0.6 is 11.3 Å². The van der Waals surface area contributed by atoms with E-state index in [1.807, 2.05) is 24.6 Å². The van der Waals surface area contributed by atoms with Crippen LogP contribution < -0.4 is 10.6 Å². The number of nitrogens with zero attached hydrogens (tertiary/aromatic N) is 1. The Morgan fingerprint density at radius 1 is 1.24 bits per heavy atom. The highest BCUT2D eigenvalue weighted by molar-refractivity contribution is 7.13. The molecule has 1 heterocycles. The van der Waals surface area contributed by atoms with E-state index in [4.69, 9.17) is 0 Å². The molecule has 2 aromatic rings. The maximum atomic E-state index is 12.0. The van der Waals surface area contributed by atoms with Gasteiger partial charge in [0.15, 0.2) is 5.13 Å². The number of nitrogens with one attached hydrogen (secondary N) is 2. The standard InChI is InChI=1S/C16H21N3OS/c1-16(2,3)11-5-7-12(8-6-11)18-14(20)9-13-10-21-15(17-4)19-13/h5-8,10H,9H2,1-4H3,(H,17,19)(H,18,20). The fourth-order valence-corrected chi connectivity index (χ4v) is 2.60. The Labute approximate surface area is 129 Å². The molecule has 0 aliphatic rings. The first kappa shape index (κ1) is 15.5. The van der Waals surface area contributed by atoms with Crippen LogP contribution in [-0.4, -0.2) is 17.9 Å². The molecule has 1 aromatic carbocycles. The van der Waals surface area contributed by atoms with Crippen LogP contribution in [0.3, 0.4) is 0 Å². The molecule has 21 heavy (non-hydrogen) atoms. The molecule has 0 aliphatic heterocycles. The van der Waals surface area contributed by atoms with Crippen LogP contribution in [0.2, 0.25) is 0 Å². The normalized spacial score (nSPS) is 11.2. The van der Waals surface area contributed by atoms with Gasteiger partial charge in [0.05, 0.1) is 12.1 Å². The number of carbonyl (C=O) groups excluding carboxylic acids is 1. The maximum Gasteiger partial charge on any atom is 0.230 e. The molecule has 5 heteroatoms. The van der Waals surface area contributed by atoms with E-state index in [2.05, 4.69) is 48.5 Å². The Morgan fingerprint density at radius 3 is 2.43 bits per heavy atom. The number of anilines is 2. The second-order valence-corrected chi connectivity index (χ2v) is 6.80. The lowest BCUT2D eigenvalue weighted by molar-refractivity contribution is -0.115. The van der Waals surface area contributed by atoms with Crippen molar-refractivity contribution in [2.75, 3.05) is 17.7 Å². The summed E-state index contributed by atoms with van der Waals surface area (Å²) in [4.78, 5) is 16.3. The molecule has 0 spiro atoms. The Morgan fingerprint density at radius 2 is 1.90 bits per heavy atom. The number of hydrogen-bond donors (Lipinski definition) is 2. The van der Waals surface area contributed by atoms with Crippen LogP contribution in [0.5, 0.6) is 0 Å². The smallest absolute Gasteiger partial charge is 0.230 e. The largest absolute Gasteiger partial charge is 0.365 e.